The van der Waals surface area contributed by atoms with Crippen molar-refractivity contribution >= 4 is 16.6 Å². The molecule has 3 atom stereocenters. The Kier molecular flexibility index (Phi) is 7.22. The van der Waals surface area contributed by atoms with Gasteiger partial charge in [0.1, 0.15) is 5.92 Å². The zero-order valence-electron chi connectivity index (χ0n) is 10.2. The van der Waals surface area contributed by atoms with Crippen molar-refractivity contribution in [2.45, 2.75) is 25.6 Å². The Bertz CT molecular complexity index is 310. The van der Waals surface area contributed by atoms with Gasteiger partial charge in [-0.15, -0.1) is 0 Å². The number of nitrogens with two attached hydrogens (primary N) is 1. The molecule has 0 aromatic heterocycles. The molecular formula is C9H18F3N3O2S. The van der Waals surface area contributed by atoms with Crippen LogP contribution in [0.5, 0.6) is 0 Å². The maximum Gasteiger partial charge on any atom is 0.400 e. The smallest absolute Gasteiger partial charge is 0.400 e. The second-order valence-electron chi connectivity index (χ2n) is 3.99. The minimum Gasteiger partial charge on any atom is -0.409 e. The number of nitrogens with zero attached hydrogens (tertiary/aromatic N) is 1. The molecule has 0 aromatic rings. The molecule has 0 spiro atoms. The first-order valence-electron chi connectivity index (χ1n) is 5.26. The lowest BCUT2D eigenvalue weighted by Gasteiger charge is -2.21. The standard InChI is InChI=1S/C9H18F3N3O2S/c1-6(3-4-18(2)17)14-5-7(8(13)15-16)9(10,11)12/h6-7,14,16H,3-5H2,1-2H3,(H2,13,15). The predicted molar refractivity (Wildman–Crippen MR) is 64.0 cm³/mol. The van der Waals surface area contributed by atoms with Gasteiger partial charge in [-0.1, -0.05) is 5.16 Å². The summed E-state index contributed by atoms with van der Waals surface area (Å²) in [5, 5.41) is 13.3. The maximum absolute atomic E-state index is 12.6. The molecule has 0 aromatic carbocycles. The summed E-state index contributed by atoms with van der Waals surface area (Å²) in [6.07, 6.45) is -2.55. The van der Waals surface area contributed by atoms with Crippen LogP contribution in [-0.4, -0.2) is 46.0 Å². The maximum atomic E-state index is 12.6. The van der Waals surface area contributed by atoms with Gasteiger partial charge in [0.15, 0.2) is 5.84 Å². The Morgan fingerprint density at radius 1 is 1.56 bits per heavy atom. The second kappa shape index (κ2) is 7.57. The number of hydrogen-bond donors (Lipinski definition) is 3. The van der Waals surface area contributed by atoms with Crippen molar-refractivity contribution in [1.82, 2.24) is 5.32 Å². The predicted octanol–water partition coefficient (Wildman–Crippen LogP) is 0.658. The molecule has 108 valence electrons. The van der Waals surface area contributed by atoms with Crippen LogP contribution in [0.4, 0.5) is 13.2 Å². The summed E-state index contributed by atoms with van der Waals surface area (Å²) in [7, 11) is -0.979. The highest BCUT2D eigenvalue weighted by Crippen LogP contribution is 2.25. The molecule has 0 aliphatic carbocycles. The summed E-state index contributed by atoms with van der Waals surface area (Å²) >= 11 is 0. The van der Waals surface area contributed by atoms with E-state index in [4.69, 9.17) is 10.9 Å². The first-order chi connectivity index (χ1) is 8.18. The molecular weight excluding hydrogens is 271 g/mol. The highest BCUT2D eigenvalue weighted by atomic mass is 32.2. The molecule has 0 radical (unpaired) electrons. The minimum atomic E-state index is -4.57. The average molecular weight is 289 g/mol. The summed E-state index contributed by atoms with van der Waals surface area (Å²) in [5.74, 6) is -2.49. The van der Waals surface area contributed by atoms with E-state index in [0.29, 0.717) is 12.2 Å². The van der Waals surface area contributed by atoms with Crippen molar-refractivity contribution in [3.8, 4) is 0 Å². The van der Waals surface area contributed by atoms with Crippen LogP contribution in [0.25, 0.3) is 0 Å². The van der Waals surface area contributed by atoms with E-state index in [1.807, 2.05) is 0 Å². The van der Waals surface area contributed by atoms with Gasteiger partial charge in [0.05, 0.1) is 0 Å². The topological polar surface area (TPSA) is 87.7 Å². The molecule has 0 rings (SSSR count). The molecule has 9 heteroatoms. The van der Waals surface area contributed by atoms with Crippen LogP contribution in [0.3, 0.4) is 0 Å². The summed E-state index contributed by atoms with van der Waals surface area (Å²) in [4.78, 5) is 0. The quantitative estimate of drug-likeness (QED) is 0.278. The monoisotopic (exact) mass is 289 g/mol. The molecule has 0 aliphatic heterocycles. The Balaban J connectivity index is 4.32. The molecule has 4 N–H and O–H groups in total. The summed E-state index contributed by atoms with van der Waals surface area (Å²) in [5.41, 5.74) is 5.00. The van der Waals surface area contributed by atoms with Crippen LogP contribution in [0.2, 0.25) is 0 Å². The van der Waals surface area contributed by atoms with Gasteiger partial charge >= 0.3 is 6.18 Å². The fourth-order valence-corrected chi connectivity index (χ4v) is 1.91. The van der Waals surface area contributed by atoms with Gasteiger partial charge in [0, 0.05) is 35.4 Å². The fraction of sp³-hybridized carbons (Fsp3) is 0.889. The van der Waals surface area contributed by atoms with Crippen LogP contribution >= 0.6 is 0 Å². The molecule has 0 aliphatic rings. The molecule has 0 saturated carbocycles. The fourth-order valence-electron chi connectivity index (χ4n) is 1.22. The molecule has 0 bridgehead atoms. The van der Waals surface area contributed by atoms with E-state index < -0.39 is 35.3 Å². The van der Waals surface area contributed by atoms with Crippen molar-refractivity contribution in [3.05, 3.63) is 0 Å². The van der Waals surface area contributed by atoms with E-state index in [-0.39, 0.29) is 6.04 Å². The summed E-state index contributed by atoms with van der Waals surface area (Å²) < 4.78 is 48.5. The number of halogens is 3. The highest BCUT2D eigenvalue weighted by Gasteiger charge is 2.42. The summed E-state index contributed by atoms with van der Waals surface area (Å²) in [6, 6.07) is -0.231. The average Bonchev–Trinajstić information content (AvgIpc) is 2.24. The molecule has 0 saturated heterocycles. The lowest BCUT2D eigenvalue weighted by Crippen LogP contribution is -2.45. The Hall–Kier alpha value is -0.830. The lowest BCUT2D eigenvalue weighted by molar-refractivity contribution is -0.155. The van der Waals surface area contributed by atoms with Crippen molar-refractivity contribution in [2.24, 2.45) is 16.8 Å². The van der Waals surface area contributed by atoms with Crippen LogP contribution in [0.1, 0.15) is 13.3 Å². The number of oxime groups is 1. The van der Waals surface area contributed by atoms with Gasteiger partial charge in [0.25, 0.3) is 0 Å². The number of rotatable bonds is 7. The van der Waals surface area contributed by atoms with Crippen molar-refractivity contribution < 1.29 is 22.6 Å². The Labute approximate surface area is 106 Å². The van der Waals surface area contributed by atoms with Crippen LogP contribution in [0.15, 0.2) is 5.16 Å². The van der Waals surface area contributed by atoms with Crippen molar-refractivity contribution in [1.29, 1.82) is 0 Å². The van der Waals surface area contributed by atoms with E-state index >= 15 is 0 Å². The highest BCUT2D eigenvalue weighted by molar-refractivity contribution is 7.84. The van der Waals surface area contributed by atoms with Gasteiger partial charge < -0.3 is 16.3 Å². The van der Waals surface area contributed by atoms with Gasteiger partial charge in [-0.3, -0.25) is 4.21 Å². The zero-order valence-corrected chi connectivity index (χ0v) is 11.0. The number of hydrogen-bond acceptors (Lipinski definition) is 4. The summed E-state index contributed by atoms with van der Waals surface area (Å²) in [6.45, 7) is 1.21. The lowest BCUT2D eigenvalue weighted by atomic mass is 10.1. The van der Waals surface area contributed by atoms with E-state index in [0.717, 1.165) is 0 Å². The van der Waals surface area contributed by atoms with Crippen molar-refractivity contribution in [2.75, 3.05) is 18.6 Å². The van der Waals surface area contributed by atoms with E-state index in [2.05, 4.69) is 10.5 Å². The third-order valence-corrected chi connectivity index (χ3v) is 3.19. The van der Waals surface area contributed by atoms with E-state index in [9.17, 15) is 17.4 Å². The molecule has 5 nitrogen and oxygen atoms in total. The van der Waals surface area contributed by atoms with Crippen LogP contribution < -0.4 is 11.1 Å². The molecule has 0 fully saturated rings. The van der Waals surface area contributed by atoms with Gasteiger partial charge in [-0.05, 0) is 13.3 Å². The number of amidine groups is 1. The van der Waals surface area contributed by atoms with Crippen molar-refractivity contribution in [3.63, 3.8) is 0 Å². The van der Waals surface area contributed by atoms with Gasteiger partial charge in [-0.2, -0.15) is 13.2 Å². The molecule has 0 heterocycles. The number of nitrogens with one attached hydrogen (secondary N) is 1. The van der Waals surface area contributed by atoms with Crippen LogP contribution in [0, 0.1) is 5.92 Å². The van der Waals surface area contributed by atoms with Crippen LogP contribution in [-0.2, 0) is 10.8 Å². The third-order valence-electron chi connectivity index (χ3n) is 2.38. The SMILES string of the molecule is CC(CCS(C)=O)NCC(C(N)=NO)C(F)(F)F. The first kappa shape index (κ1) is 17.2. The number of alkyl halides is 3. The molecule has 0 amide bonds. The third kappa shape index (κ3) is 6.80. The first-order valence-corrected chi connectivity index (χ1v) is 6.98. The second-order valence-corrected chi connectivity index (χ2v) is 5.55. The minimum absolute atomic E-state index is 0.231. The van der Waals surface area contributed by atoms with E-state index in [1.165, 1.54) is 6.26 Å². The Morgan fingerprint density at radius 3 is 2.50 bits per heavy atom. The normalized spacial score (nSPS) is 18.4. The molecule has 18 heavy (non-hydrogen) atoms. The van der Waals surface area contributed by atoms with Gasteiger partial charge in [-0.25, -0.2) is 0 Å². The largest absolute Gasteiger partial charge is 0.409 e. The molecule has 3 unspecified atom stereocenters. The zero-order chi connectivity index (χ0) is 14.3. The Morgan fingerprint density at radius 2 is 2.11 bits per heavy atom. The van der Waals surface area contributed by atoms with Gasteiger partial charge in [0.2, 0.25) is 0 Å². The van der Waals surface area contributed by atoms with E-state index in [1.54, 1.807) is 6.92 Å².